The molecule has 0 aliphatic heterocycles. The molecule has 0 aromatic heterocycles. The van der Waals surface area contributed by atoms with Gasteiger partial charge in [0.25, 0.3) is 10.0 Å². The zero-order valence-electron chi connectivity index (χ0n) is 8.43. The highest BCUT2D eigenvalue weighted by Crippen LogP contribution is 2.14. The molecule has 5 nitrogen and oxygen atoms in total. The van der Waals surface area contributed by atoms with E-state index in [0.717, 1.165) is 0 Å². The molecular formula is C9H9F2NO4S. The van der Waals surface area contributed by atoms with Crippen LogP contribution in [0.2, 0.25) is 0 Å². The van der Waals surface area contributed by atoms with Crippen molar-refractivity contribution in [2.45, 2.75) is 12.2 Å². The number of nitrogens with one attached hydrogen (secondary N) is 1. The van der Waals surface area contributed by atoms with Crippen LogP contribution in [0.4, 0.5) is 14.5 Å². The highest BCUT2D eigenvalue weighted by atomic mass is 32.2. The van der Waals surface area contributed by atoms with Crippen LogP contribution in [0.15, 0.2) is 24.3 Å². The molecule has 0 fully saturated rings. The van der Waals surface area contributed by atoms with Gasteiger partial charge in [0.05, 0.1) is 6.42 Å². The van der Waals surface area contributed by atoms with Crippen molar-refractivity contribution in [3.8, 4) is 0 Å². The highest BCUT2D eigenvalue weighted by molar-refractivity contribution is 7.93. The van der Waals surface area contributed by atoms with Crippen LogP contribution in [0.5, 0.6) is 0 Å². The molecular weight excluding hydrogens is 256 g/mol. The molecule has 0 aliphatic rings. The van der Waals surface area contributed by atoms with E-state index in [-0.39, 0.29) is 12.1 Å². The first kappa shape index (κ1) is 13.4. The van der Waals surface area contributed by atoms with E-state index in [1.165, 1.54) is 24.3 Å². The molecule has 2 N–H and O–H groups in total. The Morgan fingerprint density at radius 3 is 2.24 bits per heavy atom. The van der Waals surface area contributed by atoms with Crippen LogP contribution < -0.4 is 4.72 Å². The zero-order chi connectivity index (χ0) is 13.1. The minimum absolute atomic E-state index is 0.0422. The second-order valence-corrected chi connectivity index (χ2v) is 4.83. The number of carboxylic acid groups (broad SMARTS) is 1. The van der Waals surface area contributed by atoms with Crippen molar-refractivity contribution in [1.29, 1.82) is 0 Å². The first-order chi connectivity index (χ1) is 7.81. The third kappa shape index (κ3) is 3.99. The predicted molar refractivity (Wildman–Crippen MR) is 56.3 cm³/mol. The molecule has 1 aromatic carbocycles. The van der Waals surface area contributed by atoms with Gasteiger partial charge in [0.15, 0.2) is 0 Å². The SMILES string of the molecule is O=C(O)Cc1ccc(NS(=O)(=O)C(F)F)cc1. The Morgan fingerprint density at radius 1 is 1.29 bits per heavy atom. The van der Waals surface area contributed by atoms with Gasteiger partial charge in [-0.2, -0.15) is 8.78 Å². The van der Waals surface area contributed by atoms with Crippen molar-refractivity contribution in [3.05, 3.63) is 29.8 Å². The van der Waals surface area contributed by atoms with Crippen LogP contribution >= 0.6 is 0 Å². The van der Waals surface area contributed by atoms with Gasteiger partial charge in [0.2, 0.25) is 0 Å². The number of hydrogen-bond donors (Lipinski definition) is 2. The van der Waals surface area contributed by atoms with E-state index in [2.05, 4.69) is 0 Å². The fraction of sp³-hybridized carbons (Fsp3) is 0.222. The largest absolute Gasteiger partial charge is 0.481 e. The number of aliphatic carboxylic acids is 1. The summed E-state index contributed by atoms with van der Waals surface area (Å²) < 4.78 is 47.3. The quantitative estimate of drug-likeness (QED) is 0.840. The molecule has 0 atom stereocenters. The molecule has 0 saturated carbocycles. The summed E-state index contributed by atoms with van der Waals surface area (Å²) in [5, 5.41) is 8.48. The van der Waals surface area contributed by atoms with Crippen molar-refractivity contribution in [2.75, 3.05) is 4.72 Å². The molecule has 0 radical (unpaired) electrons. The van der Waals surface area contributed by atoms with Gasteiger partial charge in [-0.3, -0.25) is 9.52 Å². The van der Waals surface area contributed by atoms with E-state index >= 15 is 0 Å². The molecule has 94 valence electrons. The Kier molecular flexibility index (Phi) is 4.00. The van der Waals surface area contributed by atoms with E-state index in [1.54, 1.807) is 4.72 Å². The molecule has 1 aromatic rings. The molecule has 8 heteroatoms. The summed E-state index contributed by atoms with van der Waals surface area (Å²) in [6.07, 6.45) is -0.220. The lowest BCUT2D eigenvalue weighted by Crippen LogP contribution is -2.20. The second-order valence-electron chi connectivity index (χ2n) is 3.18. The maximum atomic E-state index is 12.0. The molecule has 17 heavy (non-hydrogen) atoms. The third-order valence-electron chi connectivity index (χ3n) is 1.80. The molecule has 0 spiro atoms. The number of sulfonamides is 1. The maximum Gasteiger partial charge on any atom is 0.355 e. The van der Waals surface area contributed by atoms with E-state index in [9.17, 15) is 22.0 Å². The van der Waals surface area contributed by atoms with Gasteiger partial charge in [-0.05, 0) is 17.7 Å². The number of rotatable bonds is 5. The van der Waals surface area contributed by atoms with Gasteiger partial charge < -0.3 is 5.11 Å². The molecule has 0 bridgehead atoms. The van der Waals surface area contributed by atoms with E-state index < -0.39 is 21.8 Å². The van der Waals surface area contributed by atoms with Crippen molar-refractivity contribution < 1.29 is 27.1 Å². The van der Waals surface area contributed by atoms with Crippen LogP contribution in [-0.2, 0) is 21.2 Å². The first-order valence-electron chi connectivity index (χ1n) is 4.42. The van der Waals surface area contributed by atoms with Crippen molar-refractivity contribution in [3.63, 3.8) is 0 Å². The minimum Gasteiger partial charge on any atom is -0.481 e. The first-order valence-corrected chi connectivity index (χ1v) is 5.96. The molecule has 1 rings (SSSR count). The number of halogens is 2. The molecule has 0 saturated heterocycles. The number of hydrogen-bond acceptors (Lipinski definition) is 3. The Balaban J connectivity index is 2.79. The minimum atomic E-state index is -4.69. The fourth-order valence-corrected chi connectivity index (χ4v) is 1.63. The van der Waals surface area contributed by atoms with Crippen LogP contribution in [0.3, 0.4) is 0 Å². The lowest BCUT2D eigenvalue weighted by atomic mass is 10.1. The topological polar surface area (TPSA) is 83.5 Å². The van der Waals surface area contributed by atoms with Gasteiger partial charge in [-0.15, -0.1) is 0 Å². The molecule has 0 unspecified atom stereocenters. The van der Waals surface area contributed by atoms with Crippen LogP contribution in [0, 0.1) is 0 Å². The Hall–Kier alpha value is -1.70. The van der Waals surface area contributed by atoms with E-state index in [1.807, 2.05) is 0 Å². The second kappa shape index (κ2) is 5.09. The summed E-state index contributed by atoms with van der Waals surface area (Å²) >= 11 is 0. The molecule has 0 aliphatic carbocycles. The standard InChI is InChI=1S/C9H9F2NO4S/c10-9(11)17(15,16)12-7-3-1-6(2-4-7)5-8(13)14/h1-4,9,12H,5H2,(H,13,14). The summed E-state index contributed by atoms with van der Waals surface area (Å²) in [7, 11) is -4.69. The zero-order valence-corrected chi connectivity index (χ0v) is 9.25. The van der Waals surface area contributed by atoms with Crippen LogP contribution in [-0.4, -0.2) is 25.3 Å². The van der Waals surface area contributed by atoms with E-state index in [0.29, 0.717) is 5.56 Å². The average Bonchev–Trinajstić information content (AvgIpc) is 2.19. The van der Waals surface area contributed by atoms with Crippen molar-refractivity contribution >= 4 is 21.7 Å². The Morgan fingerprint density at radius 2 is 1.82 bits per heavy atom. The van der Waals surface area contributed by atoms with Crippen LogP contribution in [0.25, 0.3) is 0 Å². The van der Waals surface area contributed by atoms with Crippen molar-refractivity contribution in [1.82, 2.24) is 0 Å². The Bertz CT molecular complexity index is 498. The summed E-state index contributed by atoms with van der Waals surface area (Å²) in [5.74, 6) is -4.55. The Labute approximate surface area is 96.1 Å². The third-order valence-corrected chi connectivity index (χ3v) is 2.79. The molecule has 0 heterocycles. The maximum absolute atomic E-state index is 12.0. The summed E-state index contributed by atoms with van der Waals surface area (Å²) in [4.78, 5) is 10.4. The van der Waals surface area contributed by atoms with Gasteiger partial charge in [-0.25, -0.2) is 8.42 Å². The summed E-state index contributed by atoms with van der Waals surface area (Å²) in [6.45, 7) is 0. The van der Waals surface area contributed by atoms with Gasteiger partial charge in [-0.1, -0.05) is 12.1 Å². The summed E-state index contributed by atoms with van der Waals surface area (Å²) in [6, 6.07) is 5.13. The number of anilines is 1. The molecule has 0 amide bonds. The van der Waals surface area contributed by atoms with Gasteiger partial charge >= 0.3 is 11.7 Å². The predicted octanol–water partition coefficient (Wildman–Crippen LogP) is 1.28. The number of carboxylic acids is 1. The summed E-state index contributed by atoms with van der Waals surface area (Å²) in [5.41, 5.74) is 0.400. The lowest BCUT2D eigenvalue weighted by Gasteiger charge is -2.07. The lowest BCUT2D eigenvalue weighted by molar-refractivity contribution is -0.136. The normalized spacial score (nSPS) is 11.5. The number of carbonyl (C=O) groups is 1. The fourth-order valence-electron chi connectivity index (χ4n) is 1.07. The monoisotopic (exact) mass is 265 g/mol. The average molecular weight is 265 g/mol. The van der Waals surface area contributed by atoms with Gasteiger partial charge in [0, 0.05) is 5.69 Å². The number of alkyl halides is 2. The van der Waals surface area contributed by atoms with Gasteiger partial charge in [0.1, 0.15) is 0 Å². The van der Waals surface area contributed by atoms with Crippen LogP contribution in [0.1, 0.15) is 5.56 Å². The number of benzene rings is 1. The highest BCUT2D eigenvalue weighted by Gasteiger charge is 2.23. The smallest absolute Gasteiger partial charge is 0.355 e. The van der Waals surface area contributed by atoms with E-state index in [4.69, 9.17) is 5.11 Å². The van der Waals surface area contributed by atoms with Crippen molar-refractivity contribution in [2.24, 2.45) is 0 Å².